The van der Waals surface area contributed by atoms with Gasteiger partial charge >= 0.3 is 0 Å². The first kappa shape index (κ1) is 12.3. The van der Waals surface area contributed by atoms with Crippen molar-refractivity contribution in [2.45, 2.75) is 32.6 Å². The van der Waals surface area contributed by atoms with E-state index >= 15 is 0 Å². The van der Waals surface area contributed by atoms with Gasteiger partial charge in [0.1, 0.15) is 0 Å². The molecule has 1 saturated heterocycles. The molecule has 0 saturated carbocycles. The van der Waals surface area contributed by atoms with Crippen LogP contribution in [-0.4, -0.2) is 19.0 Å². The van der Waals surface area contributed by atoms with Gasteiger partial charge in [-0.05, 0) is 17.4 Å². The van der Waals surface area contributed by atoms with Gasteiger partial charge in [0.25, 0.3) is 0 Å². The molecular formula is C15H20O2. The van der Waals surface area contributed by atoms with E-state index in [1.54, 1.807) is 0 Å². The fraction of sp³-hybridized carbons (Fsp3) is 0.533. The molecule has 1 fully saturated rings. The minimum Gasteiger partial charge on any atom is -0.381 e. The van der Waals surface area contributed by atoms with Crippen LogP contribution in [0.1, 0.15) is 43.1 Å². The zero-order valence-electron chi connectivity index (χ0n) is 10.8. The minimum absolute atomic E-state index is 0.0653. The van der Waals surface area contributed by atoms with Crippen molar-refractivity contribution < 1.29 is 9.53 Å². The first-order valence-electron chi connectivity index (χ1n) is 6.21. The molecule has 2 heteroatoms. The largest absolute Gasteiger partial charge is 0.381 e. The van der Waals surface area contributed by atoms with Crippen molar-refractivity contribution in [1.29, 1.82) is 0 Å². The van der Waals surface area contributed by atoms with Gasteiger partial charge in [-0.1, -0.05) is 45.0 Å². The highest BCUT2D eigenvalue weighted by atomic mass is 16.5. The molecular weight excluding hydrogens is 212 g/mol. The van der Waals surface area contributed by atoms with E-state index in [9.17, 15) is 4.79 Å². The summed E-state index contributed by atoms with van der Waals surface area (Å²) < 4.78 is 5.26. The van der Waals surface area contributed by atoms with E-state index < -0.39 is 0 Å². The maximum Gasteiger partial charge on any atom is 0.168 e. The van der Waals surface area contributed by atoms with Gasteiger partial charge in [0, 0.05) is 18.1 Å². The molecule has 2 nitrogen and oxygen atoms in total. The maximum atomic E-state index is 12.1. The summed E-state index contributed by atoms with van der Waals surface area (Å²) in [6.07, 6.45) is 0.861. The average molecular weight is 232 g/mol. The molecule has 1 aliphatic heterocycles. The second-order valence-electron chi connectivity index (χ2n) is 5.75. The third-order valence-corrected chi connectivity index (χ3v) is 3.34. The molecule has 0 bridgehead atoms. The summed E-state index contributed by atoms with van der Waals surface area (Å²) in [5.74, 6) is 0.290. The monoisotopic (exact) mass is 232 g/mol. The third kappa shape index (κ3) is 2.75. The first-order valence-corrected chi connectivity index (χ1v) is 6.21. The Hall–Kier alpha value is -1.15. The Kier molecular flexibility index (Phi) is 3.34. The molecule has 0 spiro atoms. The predicted molar refractivity (Wildman–Crippen MR) is 68.4 cm³/mol. The number of carbonyl (C=O) groups is 1. The van der Waals surface area contributed by atoms with Gasteiger partial charge in [0.05, 0.1) is 6.61 Å². The summed E-state index contributed by atoms with van der Waals surface area (Å²) in [4.78, 5) is 12.1. The third-order valence-electron chi connectivity index (χ3n) is 3.34. The van der Waals surface area contributed by atoms with Gasteiger partial charge in [-0.25, -0.2) is 0 Å². The van der Waals surface area contributed by atoms with Crippen LogP contribution in [0.15, 0.2) is 24.3 Å². The van der Waals surface area contributed by atoms with E-state index in [4.69, 9.17) is 4.74 Å². The molecule has 1 unspecified atom stereocenters. The SMILES string of the molecule is CC(C)(C)c1ccc(C(=O)C2CCOC2)cc1. The Morgan fingerprint density at radius 1 is 1.24 bits per heavy atom. The van der Waals surface area contributed by atoms with Crippen LogP contribution in [0, 0.1) is 5.92 Å². The molecule has 17 heavy (non-hydrogen) atoms. The van der Waals surface area contributed by atoms with Crippen molar-refractivity contribution in [2.24, 2.45) is 5.92 Å². The number of ketones is 1. The number of Topliss-reactive ketones (excluding diaryl/α,β-unsaturated/α-hetero) is 1. The molecule has 0 N–H and O–H groups in total. The van der Waals surface area contributed by atoms with Crippen molar-refractivity contribution in [3.63, 3.8) is 0 Å². The van der Waals surface area contributed by atoms with Crippen LogP contribution in [-0.2, 0) is 10.2 Å². The van der Waals surface area contributed by atoms with Crippen molar-refractivity contribution >= 4 is 5.78 Å². The Morgan fingerprint density at radius 2 is 1.88 bits per heavy atom. The number of carbonyl (C=O) groups excluding carboxylic acids is 1. The maximum absolute atomic E-state index is 12.1. The first-order chi connectivity index (χ1) is 7.98. The van der Waals surface area contributed by atoms with Crippen LogP contribution >= 0.6 is 0 Å². The normalized spacial score (nSPS) is 20.5. The fourth-order valence-electron chi connectivity index (χ4n) is 2.11. The van der Waals surface area contributed by atoms with E-state index in [0.717, 1.165) is 18.6 Å². The van der Waals surface area contributed by atoms with Crippen molar-refractivity contribution in [3.8, 4) is 0 Å². The molecule has 2 rings (SSSR count). The number of rotatable bonds is 2. The molecule has 1 atom stereocenters. The summed E-state index contributed by atoms with van der Waals surface area (Å²) in [7, 11) is 0. The van der Waals surface area contributed by atoms with E-state index in [0.29, 0.717) is 6.61 Å². The quantitative estimate of drug-likeness (QED) is 0.732. The van der Waals surface area contributed by atoms with Gasteiger partial charge < -0.3 is 4.74 Å². The van der Waals surface area contributed by atoms with Crippen LogP contribution in [0.25, 0.3) is 0 Å². The lowest BCUT2D eigenvalue weighted by Gasteiger charge is -2.19. The van der Waals surface area contributed by atoms with Crippen LogP contribution < -0.4 is 0 Å². The van der Waals surface area contributed by atoms with Crippen LogP contribution in [0.5, 0.6) is 0 Å². The minimum atomic E-state index is 0.0653. The van der Waals surface area contributed by atoms with Gasteiger partial charge in [0.2, 0.25) is 0 Å². The highest BCUT2D eigenvalue weighted by Gasteiger charge is 2.24. The molecule has 1 aromatic carbocycles. The zero-order valence-corrected chi connectivity index (χ0v) is 10.8. The molecule has 1 aromatic rings. The summed E-state index contributed by atoms with van der Waals surface area (Å²) in [6, 6.07) is 8.01. The van der Waals surface area contributed by atoms with Crippen LogP contribution in [0.2, 0.25) is 0 Å². The molecule has 0 aromatic heterocycles. The zero-order chi connectivity index (χ0) is 12.5. The predicted octanol–water partition coefficient (Wildman–Crippen LogP) is 3.20. The van der Waals surface area contributed by atoms with E-state index in [-0.39, 0.29) is 17.1 Å². The second-order valence-corrected chi connectivity index (χ2v) is 5.75. The highest BCUT2D eigenvalue weighted by molar-refractivity contribution is 5.98. The summed E-state index contributed by atoms with van der Waals surface area (Å²) in [6.45, 7) is 7.83. The molecule has 1 aliphatic rings. The average Bonchev–Trinajstić information content (AvgIpc) is 2.80. The van der Waals surface area contributed by atoms with Crippen molar-refractivity contribution in [2.75, 3.05) is 13.2 Å². The smallest absolute Gasteiger partial charge is 0.168 e. The Bertz CT molecular complexity index is 392. The van der Waals surface area contributed by atoms with Crippen LogP contribution in [0.4, 0.5) is 0 Å². The molecule has 92 valence electrons. The molecule has 0 aliphatic carbocycles. The van der Waals surface area contributed by atoms with Crippen molar-refractivity contribution in [3.05, 3.63) is 35.4 Å². The van der Waals surface area contributed by atoms with Gasteiger partial charge in [0.15, 0.2) is 5.78 Å². The Balaban J connectivity index is 2.15. The number of ether oxygens (including phenoxy) is 1. The van der Waals surface area contributed by atoms with Gasteiger partial charge in [-0.15, -0.1) is 0 Å². The van der Waals surface area contributed by atoms with E-state index in [1.165, 1.54) is 5.56 Å². The summed E-state index contributed by atoms with van der Waals surface area (Å²) in [5, 5.41) is 0. The molecule has 0 radical (unpaired) electrons. The van der Waals surface area contributed by atoms with Crippen molar-refractivity contribution in [1.82, 2.24) is 0 Å². The summed E-state index contributed by atoms with van der Waals surface area (Å²) in [5.41, 5.74) is 2.21. The number of hydrogen-bond donors (Lipinski definition) is 0. The van der Waals surface area contributed by atoms with E-state index in [2.05, 4.69) is 32.9 Å². The topological polar surface area (TPSA) is 26.3 Å². The number of hydrogen-bond acceptors (Lipinski definition) is 2. The lowest BCUT2D eigenvalue weighted by molar-refractivity contribution is 0.0900. The van der Waals surface area contributed by atoms with Gasteiger partial charge in [-0.3, -0.25) is 4.79 Å². The van der Waals surface area contributed by atoms with Gasteiger partial charge in [-0.2, -0.15) is 0 Å². The van der Waals surface area contributed by atoms with E-state index in [1.807, 2.05) is 12.1 Å². The second kappa shape index (κ2) is 4.61. The Morgan fingerprint density at radius 3 is 2.35 bits per heavy atom. The number of benzene rings is 1. The lowest BCUT2D eigenvalue weighted by atomic mass is 9.86. The summed E-state index contributed by atoms with van der Waals surface area (Å²) >= 11 is 0. The molecule has 1 heterocycles. The highest BCUT2D eigenvalue weighted by Crippen LogP contribution is 2.24. The molecule has 0 amide bonds. The Labute approximate surface area is 103 Å². The lowest BCUT2D eigenvalue weighted by Crippen LogP contribution is -2.15. The fourth-order valence-corrected chi connectivity index (χ4v) is 2.11. The van der Waals surface area contributed by atoms with Crippen LogP contribution in [0.3, 0.4) is 0 Å². The standard InChI is InChI=1S/C15H20O2/c1-15(2,3)13-6-4-11(5-7-13)14(16)12-8-9-17-10-12/h4-7,12H,8-10H2,1-3H3.